The molecule has 1 unspecified atom stereocenters. The number of ether oxygens (including phenoxy) is 1. The number of hydrogen-bond donors (Lipinski definition) is 2. The van der Waals surface area contributed by atoms with Crippen LogP contribution < -0.4 is 10.1 Å². The van der Waals surface area contributed by atoms with Gasteiger partial charge in [-0.15, -0.1) is 0 Å². The van der Waals surface area contributed by atoms with Crippen LogP contribution in [0.4, 0.5) is 0 Å². The molecule has 2 N–H and O–H groups in total. The summed E-state index contributed by atoms with van der Waals surface area (Å²) in [5.74, 6) is 0.422. The Morgan fingerprint density at radius 2 is 1.91 bits per heavy atom. The van der Waals surface area contributed by atoms with Crippen LogP contribution in [-0.4, -0.2) is 24.7 Å². The first-order valence-corrected chi connectivity index (χ1v) is 7.20. The fraction of sp³-hybridized carbons (Fsp3) is 0.278. The molecular formula is C18H21NO3. The van der Waals surface area contributed by atoms with Gasteiger partial charge in [0.2, 0.25) is 0 Å². The molecule has 1 amide bonds. The molecule has 0 saturated heterocycles. The Hall–Kier alpha value is -2.33. The summed E-state index contributed by atoms with van der Waals surface area (Å²) in [5.41, 5.74) is 3.31. The van der Waals surface area contributed by atoms with Crippen molar-refractivity contribution in [1.29, 1.82) is 0 Å². The SMILES string of the molecule is COc1ccccc1C(O)CNC(=O)c1cccc(C)c1C. The molecule has 1 atom stereocenters. The fourth-order valence-electron chi connectivity index (χ4n) is 2.33. The molecule has 116 valence electrons. The first-order chi connectivity index (χ1) is 10.5. The normalized spacial score (nSPS) is 11.8. The van der Waals surface area contributed by atoms with E-state index < -0.39 is 6.10 Å². The molecule has 0 bridgehead atoms. The van der Waals surface area contributed by atoms with E-state index in [1.165, 1.54) is 0 Å². The third-order valence-corrected chi connectivity index (χ3v) is 3.80. The summed E-state index contributed by atoms with van der Waals surface area (Å²) in [5, 5.41) is 13.0. The molecule has 0 saturated carbocycles. The summed E-state index contributed by atoms with van der Waals surface area (Å²) in [6, 6.07) is 12.8. The van der Waals surface area contributed by atoms with E-state index in [-0.39, 0.29) is 12.5 Å². The van der Waals surface area contributed by atoms with Gasteiger partial charge in [0.25, 0.3) is 5.91 Å². The summed E-state index contributed by atoms with van der Waals surface area (Å²) in [7, 11) is 1.56. The second-order valence-electron chi connectivity index (χ2n) is 5.22. The molecule has 0 radical (unpaired) electrons. The van der Waals surface area contributed by atoms with Crippen molar-refractivity contribution in [2.75, 3.05) is 13.7 Å². The predicted octanol–water partition coefficient (Wildman–Crippen LogP) is 2.78. The van der Waals surface area contributed by atoms with Crippen molar-refractivity contribution in [2.45, 2.75) is 20.0 Å². The first kappa shape index (κ1) is 16.0. The Labute approximate surface area is 130 Å². The number of methoxy groups -OCH3 is 1. The van der Waals surface area contributed by atoms with Crippen LogP contribution in [0.5, 0.6) is 5.75 Å². The van der Waals surface area contributed by atoms with E-state index in [0.717, 1.165) is 11.1 Å². The minimum atomic E-state index is -0.815. The molecule has 4 heteroatoms. The highest BCUT2D eigenvalue weighted by molar-refractivity contribution is 5.95. The third-order valence-electron chi connectivity index (χ3n) is 3.80. The number of aliphatic hydroxyl groups is 1. The topological polar surface area (TPSA) is 58.6 Å². The lowest BCUT2D eigenvalue weighted by atomic mass is 10.0. The molecule has 0 aliphatic carbocycles. The minimum absolute atomic E-state index is 0.132. The van der Waals surface area contributed by atoms with Crippen molar-refractivity contribution in [2.24, 2.45) is 0 Å². The van der Waals surface area contributed by atoms with E-state index in [2.05, 4.69) is 5.32 Å². The number of benzene rings is 2. The van der Waals surface area contributed by atoms with E-state index in [9.17, 15) is 9.90 Å². The maximum absolute atomic E-state index is 12.3. The van der Waals surface area contributed by atoms with Crippen molar-refractivity contribution in [3.05, 3.63) is 64.7 Å². The van der Waals surface area contributed by atoms with Crippen molar-refractivity contribution in [3.8, 4) is 5.75 Å². The molecule has 0 heterocycles. The van der Waals surface area contributed by atoms with Crippen LogP contribution in [0.3, 0.4) is 0 Å². The van der Waals surface area contributed by atoms with Gasteiger partial charge in [0.05, 0.1) is 13.2 Å². The summed E-state index contributed by atoms with van der Waals surface area (Å²) in [6.07, 6.45) is -0.815. The Balaban J connectivity index is 2.06. The van der Waals surface area contributed by atoms with Crippen LogP contribution in [0.25, 0.3) is 0 Å². The number of para-hydroxylation sites is 1. The standard InChI is InChI=1S/C18H21NO3/c1-12-7-6-9-14(13(12)2)18(21)19-11-16(20)15-8-4-5-10-17(15)22-3/h4-10,16,20H,11H2,1-3H3,(H,19,21). The number of rotatable bonds is 5. The molecule has 2 aromatic rings. The Bertz CT molecular complexity index is 667. The van der Waals surface area contributed by atoms with E-state index in [4.69, 9.17) is 4.74 Å². The number of aliphatic hydroxyl groups excluding tert-OH is 1. The monoisotopic (exact) mass is 299 g/mol. The van der Waals surface area contributed by atoms with Gasteiger partial charge in [-0.05, 0) is 37.1 Å². The van der Waals surface area contributed by atoms with Crippen LogP contribution in [0.2, 0.25) is 0 Å². The number of aryl methyl sites for hydroxylation is 1. The number of nitrogens with one attached hydrogen (secondary N) is 1. The smallest absolute Gasteiger partial charge is 0.251 e. The van der Waals surface area contributed by atoms with Crippen LogP contribution in [-0.2, 0) is 0 Å². The Kier molecular flexibility index (Phi) is 5.17. The summed E-state index contributed by atoms with van der Waals surface area (Å²) in [4.78, 5) is 12.3. The first-order valence-electron chi connectivity index (χ1n) is 7.20. The van der Waals surface area contributed by atoms with Crippen LogP contribution in [0.1, 0.15) is 33.2 Å². The van der Waals surface area contributed by atoms with Crippen molar-refractivity contribution in [1.82, 2.24) is 5.32 Å². The lowest BCUT2D eigenvalue weighted by molar-refractivity contribution is 0.0914. The zero-order valence-corrected chi connectivity index (χ0v) is 13.1. The quantitative estimate of drug-likeness (QED) is 0.892. The molecule has 4 nitrogen and oxygen atoms in total. The van der Waals surface area contributed by atoms with Gasteiger partial charge >= 0.3 is 0 Å². The Morgan fingerprint density at radius 1 is 1.18 bits per heavy atom. The summed E-state index contributed by atoms with van der Waals surface area (Å²) in [6.45, 7) is 4.02. The second-order valence-corrected chi connectivity index (χ2v) is 5.22. The van der Waals surface area contributed by atoms with E-state index in [0.29, 0.717) is 16.9 Å². The van der Waals surface area contributed by atoms with Crippen molar-refractivity contribution in [3.63, 3.8) is 0 Å². The van der Waals surface area contributed by atoms with Gasteiger partial charge < -0.3 is 15.2 Å². The number of hydrogen-bond acceptors (Lipinski definition) is 3. The van der Waals surface area contributed by atoms with Gasteiger partial charge in [0.15, 0.2) is 0 Å². The molecule has 0 aliphatic rings. The molecule has 0 aromatic heterocycles. The predicted molar refractivity (Wildman–Crippen MR) is 86.2 cm³/mol. The highest BCUT2D eigenvalue weighted by atomic mass is 16.5. The molecule has 0 spiro atoms. The lowest BCUT2D eigenvalue weighted by Crippen LogP contribution is -2.29. The zero-order chi connectivity index (χ0) is 16.1. The van der Waals surface area contributed by atoms with Crippen LogP contribution in [0.15, 0.2) is 42.5 Å². The molecular weight excluding hydrogens is 278 g/mol. The van der Waals surface area contributed by atoms with Crippen molar-refractivity contribution >= 4 is 5.91 Å². The number of carbonyl (C=O) groups is 1. The molecule has 2 rings (SSSR count). The summed E-state index contributed by atoms with van der Waals surface area (Å²) < 4.78 is 5.22. The highest BCUT2D eigenvalue weighted by Gasteiger charge is 2.15. The lowest BCUT2D eigenvalue weighted by Gasteiger charge is -2.16. The fourth-order valence-corrected chi connectivity index (χ4v) is 2.33. The maximum atomic E-state index is 12.3. The average molecular weight is 299 g/mol. The van der Waals surface area contributed by atoms with Crippen molar-refractivity contribution < 1.29 is 14.6 Å². The maximum Gasteiger partial charge on any atom is 0.251 e. The van der Waals surface area contributed by atoms with Gasteiger partial charge in [0, 0.05) is 17.7 Å². The number of amides is 1. The van der Waals surface area contributed by atoms with Gasteiger partial charge in [0.1, 0.15) is 5.75 Å². The van der Waals surface area contributed by atoms with Gasteiger partial charge in [-0.3, -0.25) is 4.79 Å². The minimum Gasteiger partial charge on any atom is -0.496 e. The van der Waals surface area contributed by atoms with Crippen LogP contribution in [0, 0.1) is 13.8 Å². The average Bonchev–Trinajstić information content (AvgIpc) is 2.54. The number of carbonyl (C=O) groups excluding carboxylic acids is 1. The second kappa shape index (κ2) is 7.09. The highest BCUT2D eigenvalue weighted by Crippen LogP contribution is 2.24. The third kappa shape index (κ3) is 3.46. The van der Waals surface area contributed by atoms with Gasteiger partial charge in [-0.1, -0.05) is 30.3 Å². The van der Waals surface area contributed by atoms with E-state index in [1.807, 2.05) is 38.1 Å². The molecule has 0 fully saturated rings. The Morgan fingerprint density at radius 3 is 2.64 bits per heavy atom. The summed E-state index contributed by atoms with van der Waals surface area (Å²) >= 11 is 0. The molecule has 22 heavy (non-hydrogen) atoms. The molecule has 2 aromatic carbocycles. The van der Waals surface area contributed by atoms with Crippen LogP contribution >= 0.6 is 0 Å². The van der Waals surface area contributed by atoms with Gasteiger partial charge in [-0.2, -0.15) is 0 Å². The van der Waals surface area contributed by atoms with E-state index in [1.54, 1.807) is 25.3 Å². The largest absolute Gasteiger partial charge is 0.496 e. The van der Waals surface area contributed by atoms with Gasteiger partial charge in [-0.25, -0.2) is 0 Å². The molecule has 0 aliphatic heterocycles. The van der Waals surface area contributed by atoms with E-state index >= 15 is 0 Å². The zero-order valence-electron chi connectivity index (χ0n) is 13.1.